The van der Waals surface area contributed by atoms with Gasteiger partial charge < -0.3 is 10.6 Å². The molecular weight excluding hydrogens is 241 g/mol. The molecule has 0 aromatic heterocycles. The fraction of sp³-hybridized carbons (Fsp3) is 0.133. The third kappa shape index (κ3) is 2.66. The number of nitrogens with zero attached hydrogens (tertiary/aromatic N) is 2. The molecule has 2 N–H and O–H groups in total. The van der Waals surface area contributed by atoms with Gasteiger partial charge in [0.05, 0.1) is 11.3 Å². The number of hydrogen-bond acceptors (Lipinski definition) is 3. The van der Waals surface area contributed by atoms with Crippen LogP contribution in [-0.4, -0.2) is 6.54 Å². The minimum Gasteiger partial charge on any atom is -0.398 e. The predicted octanol–water partition coefficient (Wildman–Crippen LogP) is 3.44. The lowest BCUT2D eigenvalue weighted by atomic mass is 10.1. The van der Waals surface area contributed by atoms with E-state index in [1.54, 1.807) is 18.2 Å². The first kappa shape index (κ1) is 12.9. The topological polar surface area (TPSA) is 53.0 Å². The molecule has 2 rings (SSSR count). The zero-order chi connectivity index (χ0) is 13.8. The average Bonchev–Trinajstić information content (AvgIpc) is 2.40. The molecule has 0 heterocycles. The average molecular weight is 255 g/mol. The zero-order valence-electron chi connectivity index (χ0n) is 10.6. The summed E-state index contributed by atoms with van der Waals surface area (Å²) in [5.41, 5.74) is 8.27. The summed E-state index contributed by atoms with van der Waals surface area (Å²) in [7, 11) is 0. The molecule has 19 heavy (non-hydrogen) atoms. The van der Waals surface area contributed by atoms with Crippen LogP contribution < -0.4 is 10.6 Å². The fourth-order valence-electron chi connectivity index (χ4n) is 1.98. The fourth-order valence-corrected chi connectivity index (χ4v) is 1.98. The van der Waals surface area contributed by atoms with Crippen molar-refractivity contribution >= 4 is 17.1 Å². The molecule has 0 atom stereocenters. The molecule has 2 aromatic rings. The van der Waals surface area contributed by atoms with Crippen LogP contribution in [0, 0.1) is 17.1 Å². The van der Waals surface area contributed by atoms with Gasteiger partial charge >= 0.3 is 0 Å². The Morgan fingerprint density at radius 2 is 1.95 bits per heavy atom. The maximum atomic E-state index is 13.3. The SMILES string of the molecule is CCN(c1cccc(F)c1)c1ccc(C#N)c(N)c1. The summed E-state index contributed by atoms with van der Waals surface area (Å²) < 4.78 is 13.3. The molecule has 0 aliphatic heterocycles. The van der Waals surface area contributed by atoms with E-state index in [1.165, 1.54) is 12.1 Å². The number of halogens is 1. The Morgan fingerprint density at radius 3 is 2.53 bits per heavy atom. The van der Waals surface area contributed by atoms with Crippen molar-refractivity contribution < 1.29 is 4.39 Å². The van der Waals surface area contributed by atoms with Gasteiger partial charge in [0.15, 0.2) is 0 Å². The Bertz CT molecular complexity index is 632. The Labute approximate surface area is 111 Å². The number of nitrogen functional groups attached to an aromatic ring is 1. The lowest BCUT2D eigenvalue weighted by Gasteiger charge is -2.23. The summed E-state index contributed by atoms with van der Waals surface area (Å²) in [6.45, 7) is 2.65. The van der Waals surface area contributed by atoms with E-state index in [0.717, 1.165) is 11.4 Å². The second-order valence-corrected chi connectivity index (χ2v) is 4.11. The number of hydrogen-bond donors (Lipinski definition) is 1. The zero-order valence-corrected chi connectivity index (χ0v) is 10.6. The molecule has 0 saturated carbocycles. The van der Waals surface area contributed by atoms with Crippen LogP contribution in [0.4, 0.5) is 21.5 Å². The molecule has 0 aliphatic rings. The summed E-state index contributed by atoms with van der Waals surface area (Å²) in [6, 6.07) is 13.6. The Kier molecular flexibility index (Phi) is 3.67. The highest BCUT2D eigenvalue weighted by atomic mass is 19.1. The maximum Gasteiger partial charge on any atom is 0.125 e. The van der Waals surface area contributed by atoms with E-state index in [2.05, 4.69) is 0 Å². The van der Waals surface area contributed by atoms with E-state index in [4.69, 9.17) is 11.0 Å². The lowest BCUT2D eigenvalue weighted by molar-refractivity contribution is 0.627. The van der Waals surface area contributed by atoms with Gasteiger partial charge in [0.25, 0.3) is 0 Å². The highest BCUT2D eigenvalue weighted by molar-refractivity contribution is 5.69. The molecule has 2 aromatic carbocycles. The normalized spacial score (nSPS) is 9.95. The molecule has 3 nitrogen and oxygen atoms in total. The van der Waals surface area contributed by atoms with Crippen molar-refractivity contribution in [1.82, 2.24) is 0 Å². The summed E-state index contributed by atoms with van der Waals surface area (Å²) in [5.74, 6) is -0.280. The molecule has 0 spiro atoms. The first-order valence-electron chi connectivity index (χ1n) is 5.98. The summed E-state index contributed by atoms with van der Waals surface area (Å²) in [6.07, 6.45) is 0. The second-order valence-electron chi connectivity index (χ2n) is 4.11. The number of rotatable bonds is 3. The van der Waals surface area contributed by atoms with E-state index in [9.17, 15) is 4.39 Å². The van der Waals surface area contributed by atoms with Crippen molar-refractivity contribution in [3.63, 3.8) is 0 Å². The minimum absolute atomic E-state index is 0.280. The van der Waals surface area contributed by atoms with Crippen LogP contribution in [0.15, 0.2) is 42.5 Å². The smallest absolute Gasteiger partial charge is 0.125 e. The van der Waals surface area contributed by atoms with Gasteiger partial charge in [0.1, 0.15) is 11.9 Å². The minimum atomic E-state index is -0.280. The summed E-state index contributed by atoms with van der Waals surface area (Å²) in [5, 5.41) is 8.87. The van der Waals surface area contributed by atoms with Crippen molar-refractivity contribution in [2.45, 2.75) is 6.92 Å². The Balaban J connectivity index is 2.43. The van der Waals surface area contributed by atoms with Crippen molar-refractivity contribution in [2.24, 2.45) is 0 Å². The van der Waals surface area contributed by atoms with Gasteiger partial charge in [-0.2, -0.15) is 5.26 Å². The third-order valence-corrected chi connectivity index (χ3v) is 2.90. The van der Waals surface area contributed by atoms with Crippen molar-refractivity contribution in [3.05, 3.63) is 53.8 Å². The van der Waals surface area contributed by atoms with E-state index in [1.807, 2.05) is 30.0 Å². The van der Waals surface area contributed by atoms with Gasteiger partial charge in [0.2, 0.25) is 0 Å². The number of anilines is 3. The van der Waals surface area contributed by atoms with Gasteiger partial charge in [-0.15, -0.1) is 0 Å². The van der Waals surface area contributed by atoms with Crippen LogP contribution in [0.25, 0.3) is 0 Å². The van der Waals surface area contributed by atoms with Crippen LogP contribution in [0.2, 0.25) is 0 Å². The molecule has 0 saturated heterocycles. The van der Waals surface area contributed by atoms with Crippen LogP contribution in [0.3, 0.4) is 0 Å². The van der Waals surface area contributed by atoms with Gasteiger partial charge in [-0.1, -0.05) is 6.07 Å². The van der Waals surface area contributed by atoms with E-state index in [0.29, 0.717) is 17.8 Å². The molecule has 0 fully saturated rings. The second kappa shape index (κ2) is 5.40. The highest BCUT2D eigenvalue weighted by Crippen LogP contribution is 2.28. The van der Waals surface area contributed by atoms with E-state index in [-0.39, 0.29) is 5.82 Å². The monoisotopic (exact) mass is 255 g/mol. The van der Waals surface area contributed by atoms with E-state index >= 15 is 0 Å². The van der Waals surface area contributed by atoms with Crippen LogP contribution in [0.1, 0.15) is 12.5 Å². The Morgan fingerprint density at radius 1 is 1.21 bits per heavy atom. The first-order valence-corrected chi connectivity index (χ1v) is 5.98. The highest BCUT2D eigenvalue weighted by Gasteiger charge is 2.09. The Hall–Kier alpha value is -2.54. The maximum absolute atomic E-state index is 13.3. The summed E-state index contributed by atoms with van der Waals surface area (Å²) in [4.78, 5) is 1.93. The number of benzene rings is 2. The standard InChI is InChI=1S/C15H14FN3/c1-2-19(13-5-3-4-12(16)8-13)14-7-6-11(10-17)15(18)9-14/h3-9H,2,18H2,1H3. The molecule has 0 radical (unpaired) electrons. The van der Waals surface area contributed by atoms with E-state index < -0.39 is 0 Å². The largest absolute Gasteiger partial charge is 0.398 e. The van der Waals surface area contributed by atoms with Crippen LogP contribution in [-0.2, 0) is 0 Å². The first-order chi connectivity index (χ1) is 9.15. The van der Waals surface area contributed by atoms with Crippen LogP contribution in [0.5, 0.6) is 0 Å². The van der Waals surface area contributed by atoms with Crippen molar-refractivity contribution in [2.75, 3.05) is 17.2 Å². The molecule has 0 aliphatic carbocycles. The number of nitriles is 1. The van der Waals surface area contributed by atoms with Gasteiger partial charge in [-0.3, -0.25) is 0 Å². The molecular formula is C15H14FN3. The van der Waals surface area contributed by atoms with Crippen molar-refractivity contribution in [1.29, 1.82) is 5.26 Å². The molecule has 4 heteroatoms. The third-order valence-electron chi connectivity index (χ3n) is 2.90. The predicted molar refractivity (Wildman–Crippen MR) is 74.6 cm³/mol. The van der Waals surface area contributed by atoms with Gasteiger partial charge in [-0.25, -0.2) is 4.39 Å². The summed E-state index contributed by atoms with van der Waals surface area (Å²) >= 11 is 0. The molecule has 96 valence electrons. The lowest BCUT2D eigenvalue weighted by Crippen LogP contribution is -2.16. The van der Waals surface area contributed by atoms with Crippen molar-refractivity contribution in [3.8, 4) is 6.07 Å². The quantitative estimate of drug-likeness (QED) is 0.855. The number of nitrogens with two attached hydrogens (primary N) is 1. The van der Waals surface area contributed by atoms with Gasteiger partial charge in [0, 0.05) is 17.9 Å². The van der Waals surface area contributed by atoms with Gasteiger partial charge in [-0.05, 0) is 43.3 Å². The molecule has 0 bridgehead atoms. The molecule has 0 amide bonds. The van der Waals surface area contributed by atoms with Crippen LogP contribution >= 0.6 is 0 Å². The molecule has 0 unspecified atom stereocenters.